The van der Waals surface area contributed by atoms with Gasteiger partial charge in [-0.3, -0.25) is 0 Å². The molecule has 1 aliphatic heterocycles. The lowest BCUT2D eigenvalue weighted by atomic mass is 10.0. The second-order valence-electron chi connectivity index (χ2n) is 7.39. The van der Waals surface area contributed by atoms with Crippen molar-refractivity contribution in [3.8, 4) is 0 Å². The van der Waals surface area contributed by atoms with Crippen LogP contribution in [0.15, 0.2) is 66.4 Å². The Hall–Kier alpha value is -2.72. The number of aromatic nitrogens is 1. The van der Waals surface area contributed by atoms with Crippen LogP contribution in [-0.2, 0) is 11.3 Å². The van der Waals surface area contributed by atoms with Gasteiger partial charge < -0.3 is 14.2 Å². The van der Waals surface area contributed by atoms with Crippen molar-refractivity contribution < 1.29 is 9.53 Å². The number of methoxy groups -OCH3 is 1. The van der Waals surface area contributed by atoms with Crippen molar-refractivity contribution in [2.24, 2.45) is 0 Å². The van der Waals surface area contributed by atoms with Crippen molar-refractivity contribution in [1.82, 2.24) is 4.57 Å². The highest BCUT2D eigenvalue weighted by Gasteiger charge is 2.16. The Morgan fingerprint density at radius 3 is 2.79 bits per heavy atom. The van der Waals surface area contributed by atoms with Crippen molar-refractivity contribution >= 4 is 34.2 Å². The average molecular weight is 409 g/mol. The number of rotatable bonds is 6. The molecule has 0 fully saturated rings. The highest BCUT2D eigenvalue weighted by molar-refractivity contribution is 6.30. The SMILES string of the molecule is COC(=O)c1cn(CCCC2=CCN(c3cccc(Cl)c3)CC2)c2ccccc12. The number of hydrogen-bond acceptors (Lipinski definition) is 3. The fourth-order valence-corrected chi connectivity index (χ4v) is 4.21. The second kappa shape index (κ2) is 8.75. The smallest absolute Gasteiger partial charge is 0.340 e. The average Bonchev–Trinajstić information content (AvgIpc) is 3.12. The number of nitrogens with zero attached hydrogens (tertiary/aromatic N) is 2. The molecule has 0 radical (unpaired) electrons. The number of carbonyl (C=O) groups excluding carboxylic acids is 1. The Morgan fingerprint density at radius 2 is 2.03 bits per heavy atom. The molecule has 1 aromatic heterocycles. The Morgan fingerprint density at radius 1 is 1.17 bits per heavy atom. The molecule has 0 atom stereocenters. The maximum atomic E-state index is 12.1. The van der Waals surface area contributed by atoms with Crippen LogP contribution in [0.5, 0.6) is 0 Å². The van der Waals surface area contributed by atoms with Gasteiger partial charge in [0.05, 0.1) is 12.7 Å². The van der Waals surface area contributed by atoms with Gasteiger partial charge in [0, 0.05) is 47.4 Å². The van der Waals surface area contributed by atoms with E-state index in [1.807, 2.05) is 42.6 Å². The first-order valence-electron chi connectivity index (χ1n) is 10.0. The molecule has 5 heteroatoms. The number of anilines is 1. The third-order valence-electron chi connectivity index (χ3n) is 5.57. The summed E-state index contributed by atoms with van der Waals surface area (Å²) in [5.41, 5.74) is 4.41. The van der Waals surface area contributed by atoms with Gasteiger partial charge in [0.25, 0.3) is 0 Å². The topological polar surface area (TPSA) is 34.5 Å². The van der Waals surface area contributed by atoms with E-state index in [-0.39, 0.29) is 5.97 Å². The fraction of sp³-hybridized carbons (Fsp3) is 0.292. The summed E-state index contributed by atoms with van der Waals surface area (Å²) in [4.78, 5) is 14.4. The minimum Gasteiger partial charge on any atom is -0.465 e. The van der Waals surface area contributed by atoms with Crippen molar-refractivity contribution in [2.75, 3.05) is 25.1 Å². The molecule has 0 spiro atoms. The minimum absolute atomic E-state index is 0.281. The first kappa shape index (κ1) is 19.6. The molecule has 0 saturated heterocycles. The highest BCUT2D eigenvalue weighted by Crippen LogP contribution is 2.26. The number of benzene rings is 2. The molecular weight excluding hydrogens is 384 g/mol. The number of carbonyl (C=O) groups is 1. The van der Waals surface area contributed by atoms with Crippen molar-refractivity contribution in [3.63, 3.8) is 0 Å². The van der Waals surface area contributed by atoms with Gasteiger partial charge >= 0.3 is 5.97 Å². The molecule has 29 heavy (non-hydrogen) atoms. The molecule has 0 bridgehead atoms. The van der Waals surface area contributed by atoms with Crippen LogP contribution in [0.1, 0.15) is 29.6 Å². The highest BCUT2D eigenvalue weighted by atomic mass is 35.5. The number of esters is 1. The molecule has 2 heterocycles. The van der Waals surface area contributed by atoms with E-state index in [9.17, 15) is 4.79 Å². The molecular formula is C24H25ClN2O2. The second-order valence-corrected chi connectivity index (χ2v) is 7.82. The van der Waals surface area contributed by atoms with E-state index in [1.54, 1.807) is 0 Å². The monoisotopic (exact) mass is 408 g/mol. The van der Waals surface area contributed by atoms with Crippen LogP contribution in [0.25, 0.3) is 10.9 Å². The van der Waals surface area contributed by atoms with Crippen LogP contribution in [-0.4, -0.2) is 30.7 Å². The minimum atomic E-state index is -0.281. The van der Waals surface area contributed by atoms with Crippen LogP contribution in [0, 0.1) is 0 Å². The molecule has 0 aliphatic carbocycles. The van der Waals surface area contributed by atoms with Gasteiger partial charge in [0.2, 0.25) is 0 Å². The number of halogens is 1. The molecule has 3 aromatic rings. The molecule has 2 aromatic carbocycles. The standard InChI is InChI=1S/C24H25ClN2O2/c1-29-24(28)22-17-27(23-10-3-2-9-21(22)23)13-5-6-18-11-14-26(15-12-18)20-8-4-7-19(25)16-20/h2-4,7-11,16-17H,5-6,12-15H2,1H3. The molecule has 0 N–H and O–H groups in total. The van der Waals surface area contributed by atoms with Crippen LogP contribution in [0.4, 0.5) is 5.69 Å². The number of fused-ring (bicyclic) bond motifs is 1. The van der Waals surface area contributed by atoms with Gasteiger partial charge in [0.1, 0.15) is 0 Å². The van der Waals surface area contributed by atoms with Gasteiger partial charge in [-0.25, -0.2) is 4.79 Å². The van der Waals surface area contributed by atoms with Gasteiger partial charge in [-0.15, -0.1) is 0 Å². The van der Waals surface area contributed by atoms with Crippen molar-refractivity contribution in [3.05, 3.63) is 77.0 Å². The van der Waals surface area contributed by atoms with E-state index in [0.29, 0.717) is 5.56 Å². The van der Waals surface area contributed by atoms with E-state index in [2.05, 4.69) is 27.7 Å². The largest absolute Gasteiger partial charge is 0.465 e. The Labute approximate surface area is 176 Å². The lowest BCUT2D eigenvalue weighted by molar-refractivity contribution is 0.0602. The molecule has 0 unspecified atom stereocenters. The Kier molecular flexibility index (Phi) is 5.91. The molecule has 4 nitrogen and oxygen atoms in total. The number of aryl methyl sites for hydroxylation is 1. The summed E-state index contributed by atoms with van der Waals surface area (Å²) < 4.78 is 7.11. The number of ether oxygens (including phenoxy) is 1. The van der Waals surface area contributed by atoms with E-state index < -0.39 is 0 Å². The van der Waals surface area contributed by atoms with E-state index in [1.165, 1.54) is 18.4 Å². The maximum absolute atomic E-state index is 12.1. The molecule has 0 amide bonds. The van der Waals surface area contributed by atoms with Crippen LogP contribution >= 0.6 is 11.6 Å². The molecule has 1 aliphatic rings. The summed E-state index contributed by atoms with van der Waals surface area (Å²) in [6.45, 7) is 2.83. The van der Waals surface area contributed by atoms with E-state index >= 15 is 0 Å². The number of hydrogen-bond donors (Lipinski definition) is 0. The Bertz CT molecular complexity index is 1050. The molecule has 0 saturated carbocycles. The van der Waals surface area contributed by atoms with Crippen molar-refractivity contribution in [2.45, 2.75) is 25.8 Å². The maximum Gasteiger partial charge on any atom is 0.340 e. The van der Waals surface area contributed by atoms with Crippen LogP contribution in [0.2, 0.25) is 5.02 Å². The molecule has 150 valence electrons. The third kappa shape index (κ3) is 4.33. The van der Waals surface area contributed by atoms with Gasteiger partial charge in [-0.1, -0.05) is 47.5 Å². The lowest BCUT2D eigenvalue weighted by Crippen LogP contribution is -2.28. The van der Waals surface area contributed by atoms with Crippen LogP contribution in [0.3, 0.4) is 0 Å². The predicted molar refractivity (Wildman–Crippen MR) is 119 cm³/mol. The summed E-state index contributed by atoms with van der Waals surface area (Å²) in [6.07, 6.45) is 7.46. The summed E-state index contributed by atoms with van der Waals surface area (Å²) in [6, 6.07) is 16.0. The summed E-state index contributed by atoms with van der Waals surface area (Å²) in [5, 5.41) is 1.73. The summed E-state index contributed by atoms with van der Waals surface area (Å²) >= 11 is 6.12. The zero-order valence-electron chi connectivity index (χ0n) is 16.6. The lowest BCUT2D eigenvalue weighted by Gasteiger charge is -2.28. The van der Waals surface area contributed by atoms with E-state index in [4.69, 9.17) is 16.3 Å². The van der Waals surface area contributed by atoms with Gasteiger partial charge in [-0.05, 0) is 43.5 Å². The van der Waals surface area contributed by atoms with Crippen molar-refractivity contribution in [1.29, 1.82) is 0 Å². The number of para-hydroxylation sites is 1. The predicted octanol–water partition coefficient (Wildman–Crippen LogP) is 5.70. The summed E-state index contributed by atoms with van der Waals surface area (Å²) in [5.74, 6) is -0.281. The zero-order valence-corrected chi connectivity index (χ0v) is 17.4. The van der Waals surface area contributed by atoms with E-state index in [0.717, 1.165) is 54.8 Å². The summed E-state index contributed by atoms with van der Waals surface area (Å²) in [7, 11) is 1.43. The third-order valence-corrected chi connectivity index (χ3v) is 5.80. The quantitative estimate of drug-likeness (QED) is 0.387. The molecule has 4 rings (SSSR count). The van der Waals surface area contributed by atoms with Crippen LogP contribution < -0.4 is 4.90 Å². The normalized spacial score (nSPS) is 14.1. The van der Waals surface area contributed by atoms with Gasteiger partial charge in [-0.2, -0.15) is 0 Å². The first-order chi connectivity index (χ1) is 14.2. The zero-order chi connectivity index (χ0) is 20.2. The first-order valence-corrected chi connectivity index (χ1v) is 10.4. The fourth-order valence-electron chi connectivity index (χ4n) is 4.03. The van der Waals surface area contributed by atoms with Gasteiger partial charge in [0.15, 0.2) is 0 Å². The Balaban J connectivity index is 1.38.